The Bertz CT molecular complexity index is 1060. The molecule has 6 heteroatoms. The predicted molar refractivity (Wildman–Crippen MR) is 105 cm³/mol. The van der Waals surface area contributed by atoms with Gasteiger partial charge in [-0.2, -0.15) is 10.4 Å². The quantitative estimate of drug-likeness (QED) is 0.571. The minimum Gasteiger partial charge on any atom is -0.321 e. The van der Waals surface area contributed by atoms with Crippen LogP contribution in [0.1, 0.15) is 16.7 Å². The molecule has 0 aliphatic heterocycles. The summed E-state index contributed by atoms with van der Waals surface area (Å²) in [6.07, 6.45) is 6.69. The molecule has 27 heavy (non-hydrogen) atoms. The smallest absolute Gasteiger partial charge is 0.266 e. The van der Waals surface area contributed by atoms with E-state index in [1.807, 2.05) is 50.2 Å². The van der Waals surface area contributed by atoms with E-state index in [0.29, 0.717) is 16.9 Å². The van der Waals surface area contributed by atoms with Gasteiger partial charge < -0.3 is 5.32 Å². The van der Waals surface area contributed by atoms with Gasteiger partial charge in [0.05, 0.1) is 5.69 Å². The van der Waals surface area contributed by atoms with Gasteiger partial charge in [-0.25, -0.2) is 0 Å². The molecule has 0 bridgehead atoms. The fourth-order valence-electron chi connectivity index (χ4n) is 2.73. The molecule has 0 saturated carbocycles. The van der Waals surface area contributed by atoms with Gasteiger partial charge in [0.1, 0.15) is 11.6 Å². The second kappa shape index (κ2) is 7.67. The lowest BCUT2D eigenvalue weighted by Gasteiger charge is -2.09. The number of nitrogens with zero attached hydrogens (tertiary/aromatic N) is 4. The molecule has 0 spiro atoms. The molecule has 0 fully saturated rings. The third-order valence-corrected chi connectivity index (χ3v) is 4.33. The molecule has 0 aliphatic carbocycles. The van der Waals surface area contributed by atoms with Crippen LogP contribution < -0.4 is 5.32 Å². The van der Waals surface area contributed by atoms with Crippen molar-refractivity contribution in [2.24, 2.45) is 7.05 Å². The lowest BCUT2D eigenvalue weighted by molar-refractivity contribution is -0.112. The first kappa shape index (κ1) is 18.1. The Balaban J connectivity index is 1.95. The topological polar surface area (TPSA) is 83.6 Å². The van der Waals surface area contributed by atoms with E-state index in [4.69, 9.17) is 0 Å². The minimum absolute atomic E-state index is 0.0132. The maximum Gasteiger partial charge on any atom is 0.266 e. The summed E-state index contributed by atoms with van der Waals surface area (Å²) in [4.78, 5) is 16.6. The Kier molecular flexibility index (Phi) is 5.13. The van der Waals surface area contributed by atoms with Crippen LogP contribution in [0.15, 0.2) is 54.5 Å². The second-order valence-corrected chi connectivity index (χ2v) is 6.21. The van der Waals surface area contributed by atoms with Crippen LogP contribution >= 0.6 is 0 Å². The van der Waals surface area contributed by atoms with Gasteiger partial charge in [0.25, 0.3) is 5.91 Å². The number of anilines is 1. The van der Waals surface area contributed by atoms with Crippen molar-refractivity contribution in [1.82, 2.24) is 14.8 Å². The van der Waals surface area contributed by atoms with Crippen LogP contribution in [0.25, 0.3) is 17.3 Å². The van der Waals surface area contributed by atoms with Crippen LogP contribution in [0.3, 0.4) is 0 Å². The Labute approximate surface area is 157 Å². The number of aromatic nitrogens is 3. The molecule has 1 aromatic carbocycles. The third kappa shape index (κ3) is 3.93. The average Bonchev–Trinajstić information content (AvgIpc) is 3.04. The molecule has 0 unspecified atom stereocenters. The van der Waals surface area contributed by atoms with Gasteiger partial charge >= 0.3 is 0 Å². The molecule has 2 heterocycles. The zero-order valence-electron chi connectivity index (χ0n) is 15.4. The molecule has 0 atom stereocenters. The molecule has 3 rings (SSSR count). The lowest BCUT2D eigenvalue weighted by atomic mass is 10.1. The van der Waals surface area contributed by atoms with E-state index in [9.17, 15) is 10.1 Å². The first-order valence-corrected chi connectivity index (χ1v) is 8.43. The maximum absolute atomic E-state index is 12.6. The highest BCUT2D eigenvalue weighted by atomic mass is 16.1. The summed E-state index contributed by atoms with van der Waals surface area (Å²) in [7, 11) is 1.80. The number of amides is 1. The van der Waals surface area contributed by atoms with Crippen LogP contribution in [0, 0.1) is 25.2 Å². The molecule has 0 saturated heterocycles. The SMILES string of the molecule is Cc1cccc(NC(=O)C(C#N)=Cc2cn(C)nc2-c2ccncc2)c1C. The van der Waals surface area contributed by atoms with E-state index in [-0.39, 0.29) is 5.57 Å². The minimum atomic E-state index is -0.448. The molecular weight excluding hydrogens is 338 g/mol. The second-order valence-electron chi connectivity index (χ2n) is 6.21. The largest absolute Gasteiger partial charge is 0.321 e. The van der Waals surface area contributed by atoms with E-state index in [1.165, 1.54) is 0 Å². The Morgan fingerprint density at radius 3 is 2.67 bits per heavy atom. The van der Waals surface area contributed by atoms with Crippen LogP contribution in [0.4, 0.5) is 5.69 Å². The van der Waals surface area contributed by atoms with E-state index >= 15 is 0 Å². The highest BCUT2D eigenvalue weighted by molar-refractivity contribution is 6.10. The molecule has 6 nitrogen and oxygen atoms in total. The highest BCUT2D eigenvalue weighted by Crippen LogP contribution is 2.24. The zero-order valence-corrected chi connectivity index (χ0v) is 15.4. The van der Waals surface area contributed by atoms with Crippen LogP contribution in [0.2, 0.25) is 0 Å². The number of aryl methyl sites for hydroxylation is 2. The summed E-state index contributed by atoms with van der Waals surface area (Å²) in [6, 6.07) is 11.3. The lowest BCUT2D eigenvalue weighted by Crippen LogP contribution is -2.14. The van der Waals surface area contributed by atoms with Gasteiger partial charge in [0.2, 0.25) is 0 Å². The molecule has 0 aliphatic rings. The number of carbonyl (C=O) groups excluding carboxylic acids is 1. The van der Waals surface area contributed by atoms with Gasteiger partial charge in [-0.05, 0) is 49.2 Å². The summed E-state index contributed by atoms with van der Waals surface area (Å²) in [5.41, 5.74) is 5.00. The summed E-state index contributed by atoms with van der Waals surface area (Å²) < 4.78 is 1.65. The number of nitrogens with one attached hydrogen (secondary N) is 1. The van der Waals surface area contributed by atoms with Crippen LogP contribution in [-0.4, -0.2) is 20.7 Å². The number of carbonyl (C=O) groups is 1. The number of pyridine rings is 1. The highest BCUT2D eigenvalue weighted by Gasteiger charge is 2.15. The monoisotopic (exact) mass is 357 g/mol. The standard InChI is InChI=1S/C21H19N5O/c1-14-5-4-6-19(15(14)2)24-21(27)17(12-22)11-18-13-26(3)25-20(18)16-7-9-23-10-8-16/h4-11,13H,1-3H3,(H,24,27). The Morgan fingerprint density at radius 1 is 1.22 bits per heavy atom. The summed E-state index contributed by atoms with van der Waals surface area (Å²) in [6.45, 7) is 3.91. The Hall–Kier alpha value is -3.72. The van der Waals surface area contributed by atoms with Crippen molar-refractivity contribution in [3.63, 3.8) is 0 Å². The van der Waals surface area contributed by atoms with Gasteiger partial charge in [-0.15, -0.1) is 0 Å². The average molecular weight is 357 g/mol. The number of hydrogen-bond donors (Lipinski definition) is 1. The molecule has 0 radical (unpaired) electrons. The first-order chi connectivity index (χ1) is 13.0. The van der Waals surface area contributed by atoms with Crippen LogP contribution in [0.5, 0.6) is 0 Å². The fraction of sp³-hybridized carbons (Fsp3) is 0.143. The number of benzene rings is 1. The summed E-state index contributed by atoms with van der Waals surface area (Å²) in [5, 5.41) is 16.8. The zero-order chi connectivity index (χ0) is 19.4. The molecule has 1 N–H and O–H groups in total. The van der Waals surface area contributed by atoms with E-state index in [1.54, 1.807) is 36.4 Å². The van der Waals surface area contributed by atoms with Crippen molar-refractivity contribution >= 4 is 17.7 Å². The third-order valence-electron chi connectivity index (χ3n) is 4.33. The maximum atomic E-state index is 12.6. The van der Waals surface area contributed by atoms with Crippen molar-refractivity contribution in [2.45, 2.75) is 13.8 Å². The fourth-order valence-corrected chi connectivity index (χ4v) is 2.73. The van der Waals surface area contributed by atoms with Gasteiger partial charge in [0, 0.05) is 42.5 Å². The van der Waals surface area contributed by atoms with Crippen LogP contribution in [-0.2, 0) is 11.8 Å². The molecular formula is C21H19N5O. The van der Waals surface area contributed by atoms with E-state index in [0.717, 1.165) is 16.7 Å². The van der Waals surface area contributed by atoms with E-state index < -0.39 is 5.91 Å². The number of rotatable bonds is 4. The van der Waals surface area contributed by atoms with E-state index in [2.05, 4.69) is 15.4 Å². The number of hydrogen-bond acceptors (Lipinski definition) is 4. The van der Waals surface area contributed by atoms with Crippen molar-refractivity contribution < 1.29 is 4.79 Å². The molecule has 1 amide bonds. The molecule has 3 aromatic rings. The van der Waals surface area contributed by atoms with Gasteiger partial charge in [-0.3, -0.25) is 14.5 Å². The van der Waals surface area contributed by atoms with Crippen molar-refractivity contribution in [2.75, 3.05) is 5.32 Å². The van der Waals surface area contributed by atoms with Crippen molar-refractivity contribution in [1.29, 1.82) is 5.26 Å². The van der Waals surface area contributed by atoms with Crippen molar-refractivity contribution in [3.8, 4) is 17.3 Å². The van der Waals surface area contributed by atoms with Crippen molar-refractivity contribution in [3.05, 3.63) is 71.2 Å². The summed E-state index contributed by atoms with van der Waals surface area (Å²) >= 11 is 0. The normalized spacial score (nSPS) is 11.1. The predicted octanol–water partition coefficient (Wildman–Crippen LogP) is 3.64. The Morgan fingerprint density at radius 2 is 1.96 bits per heavy atom. The van der Waals surface area contributed by atoms with Gasteiger partial charge in [-0.1, -0.05) is 12.1 Å². The number of nitriles is 1. The molecule has 2 aromatic heterocycles. The van der Waals surface area contributed by atoms with Gasteiger partial charge in [0.15, 0.2) is 0 Å². The summed E-state index contributed by atoms with van der Waals surface area (Å²) in [5.74, 6) is -0.448. The molecule has 134 valence electrons. The first-order valence-electron chi connectivity index (χ1n) is 8.43.